The molecule has 1 saturated heterocycles. The second-order valence-electron chi connectivity index (χ2n) is 13.6. The molecule has 3 N–H and O–H groups in total. The fourth-order valence-electron chi connectivity index (χ4n) is 7.67. The van der Waals surface area contributed by atoms with Crippen molar-refractivity contribution in [2.75, 3.05) is 25.4 Å². The molecule has 3 unspecified atom stereocenters. The highest BCUT2D eigenvalue weighted by Gasteiger charge is 2.40. The van der Waals surface area contributed by atoms with Gasteiger partial charge in [-0.05, 0) is 89.1 Å². The van der Waals surface area contributed by atoms with Gasteiger partial charge in [-0.25, -0.2) is 0 Å². The van der Waals surface area contributed by atoms with Crippen LogP contribution in [0.1, 0.15) is 108 Å². The van der Waals surface area contributed by atoms with Crippen LogP contribution in [0, 0.1) is 0 Å². The number of nitrogens with zero attached hydrogens (tertiary/aromatic N) is 1. The van der Waals surface area contributed by atoms with E-state index in [1.165, 1.54) is 31.2 Å². The third-order valence-corrected chi connectivity index (χ3v) is 9.96. The van der Waals surface area contributed by atoms with Gasteiger partial charge in [0, 0.05) is 66.0 Å². The lowest BCUT2D eigenvalue weighted by Gasteiger charge is -2.36. The van der Waals surface area contributed by atoms with Crippen molar-refractivity contribution in [1.29, 1.82) is 0 Å². The average molecular weight is 608 g/mol. The standard InChI is InChI=1S/C40H53N3O2/c1-6-7-21-36(44)38-29(3)42-28(2)37(39(38)33-19-14-20-34(41)26-33)30(4)45-40(5)23-25-43(27-40)24-22-35(31-15-10-8-11-16-31)32-17-12-9-13-18-32/h8,10-11,14-17,19-20,26,35,39,42H,4,6-7,9,12-13,18,21-25,27,41H2,1-3,5H3. The van der Waals surface area contributed by atoms with E-state index >= 15 is 0 Å². The van der Waals surface area contributed by atoms with Crippen LogP contribution in [-0.2, 0) is 9.53 Å². The molecule has 2 aromatic carbocycles. The number of benzene rings is 2. The van der Waals surface area contributed by atoms with Crippen molar-refractivity contribution in [3.8, 4) is 0 Å². The predicted octanol–water partition coefficient (Wildman–Crippen LogP) is 8.93. The zero-order chi connectivity index (χ0) is 32.0. The first-order chi connectivity index (χ1) is 21.7. The molecule has 5 nitrogen and oxygen atoms in total. The Morgan fingerprint density at radius 1 is 1.11 bits per heavy atom. The summed E-state index contributed by atoms with van der Waals surface area (Å²) in [5.41, 5.74) is 14.2. The minimum atomic E-state index is -0.362. The first-order valence-corrected chi connectivity index (χ1v) is 17.1. The minimum Gasteiger partial charge on any atom is -0.486 e. The van der Waals surface area contributed by atoms with E-state index in [0.29, 0.717) is 23.8 Å². The number of nitrogens with one attached hydrogen (secondary N) is 1. The molecule has 2 heterocycles. The molecule has 0 aromatic heterocycles. The smallest absolute Gasteiger partial charge is 0.161 e. The van der Waals surface area contributed by atoms with Gasteiger partial charge >= 0.3 is 0 Å². The molecule has 2 aromatic rings. The van der Waals surface area contributed by atoms with Crippen molar-refractivity contribution in [2.24, 2.45) is 0 Å². The molecular formula is C40H53N3O2. The van der Waals surface area contributed by atoms with Crippen LogP contribution in [0.4, 0.5) is 5.69 Å². The largest absolute Gasteiger partial charge is 0.486 e. The maximum absolute atomic E-state index is 13.7. The number of likely N-dealkylation sites (tertiary alicyclic amines) is 1. The molecule has 0 spiro atoms. The van der Waals surface area contributed by atoms with Crippen LogP contribution in [0.3, 0.4) is 0 Å². The molecule has 3 atom stereocenters. The Hall–Kier alpha value is -3.57. The van der Waals surface area contributed by atoms with Crippen LogP contribution < -0.4 is 11.1 Å². The number of hydrogen-bond donors (Lipinski definition) is 2. The number of rotatable bonds is 13. The first-order valence-electron chi connectivity index (χ1n) is 17.1. The quantitative estimate of drug-likeness (QED) is 0.135. The molecule has 5 heteroatoms. The van der Waals surface area contributed by atoms with Gasteiger partial charge in [0.25, 0.3) is 0 Å². The van der Waals surface area contributed by atoms with Gasteiger partial charge in [-0.3, -0.25) is 9.69 Å². The minimum absolute atomic E-state index is 0.173. The molecule has 240 valence electrons. The Morgan fingerprint density at radius 3 is 2.60 bits per heavy atom. The summed E-state index contributed by atoms with van der Waals surface area (Å²) >= 11 is 0. The Kier molecular flexibility index (Phi) is 10.7. The van der Waals surface area contributed by atoms with Gasteiger partial charge in [0.2, 0.25) is 0 Å². The van der Waals surface area contributed by atoms with E-state index in [0.717, 1.165) is 73.4 Å². The van der Waals surface area contributed by atoms with Crippen molar-refractivity contribution in [1.82, 2.24) is 10.2 Å². The Bertz CT molecular complexity index is 1470. The maximum Gasteiger partial charge on any atom is 0.161 e. The highest BCUT2D eigenvalue weighted by molar-refractivity contribution is 5.99. The molecule has 0 radical (unpaired) electrons. The number of ether oxygens (including phenoxy) is 1. The Labute approximate surface area is 271 Å². The molecule has 3 aliphatic rings. The summed E-state index contributed by atoms with van der Waals surface area (Å²) in [6.45, 7) is 15.8. The summed E-state index contributed by atoms with van der Waals surface area (Å²) in [6, 6.07) is 19.0. The van der Waals surface area contributed by atoms with Crippen LogP contribution in [0.25, 0.3) is 0 Å². The van der Waals surface area contributed by atoms with Crippen LogP contribution in [0.2, 0.25) is 0 Å². The number of nitrogens with two attached hydrogens (primary N) is 1. The van der Waals surface area contributed by atoms with Gasteiger partial charge in [-0.1, -0.05) is 74.0 Å². The summed E-state index contributed by atoms with van der Waals surface area (Å²) in [5, 5.41) is 3.51. The summed E-state index contributed by atoms with van der Waals surface area (Å²) in [4.78, 5) is 16.2. The van der Waals surface area contributed by atoms with Crippen molar-refractivity contribution in [3.63, 3.8) is 0 Å². The van der Waals surface area contributed by atoms with Crippen LogP contribution >= 0.6 is 0 Å². The third-order valence-electron chi connectivity index (χ3n) is 9.96. The zero-order valence-electron chi connectivity index (χ0n) is 28.0. The third kappa shape index (κ3) is 7.81. The number of anilines is 1. The number of ketones is 1. The van der Waals surface area contributed by atoms with E-state index in [1.54, 1.807) is 5.57 Å². The summed E-state index contributed by atoms with van der Waals surface area (Å²) in [6.07, 6.45) is 12.0. The van der Waals surface area contributed by atoms with Gasteiger partial charge in [0.1, 0.15) is 11.4 Å². The summed E-state index contributed by atoms with van der Waals surface area (Å²) in [7, 11) is 0. The van der Waals surface area contributed by atoms with E-state index in [-0.39, 0.29) is 17.3 Å². The number of unbranched alkanes of at least 4 members (excludes halogenated alkanes) is 1. The molecular weight excluding hydrogens is 554 g/mol. The van der Waals surface area contributed by atoms with Crippen LogP contribution in [0.5, 0.6) is 0 Å². The lowest BCUT2D eigenvalue weighted by Crippen LogP contribution is -2.35. The van der Waals surface area contributed by atoms with Gasteiger partial charge in [0.15, 0.2) is 5.78 Å². The number of carbonyl (C=O) groups excluding carboxylic acids is 1. The van der Waals surface area contributed by atoms with Gasteiger partial charge in [0.05, 0.1) is 0 Å². The second kappa shape index (κ2) is 14.7. The lowest BCUT2D eigenvalue weighted by molar-refractivity contribution is -0.116. The molecule has 1 aliphatic carbocycles. The number of Topliss-reactive ketones (excluding diaryl/α,β-unsaturated/α-hetero) is 1. The number of carbonyl (C=O) groups is 1. The number of allylic oxidation sites excluding steroid dienone is 6. The maximum atomic E-state index is 13.7. The van der Waals surface area contributed by atoms with Crippen molar-refractivity contribution in [3.05, 3.63) is 112 Å². The van der Waals surface area contributed by atoms with E-state index in [2.05, 4.69) is 80.0 Å². The Balaban J connectivity index is 1.32. The van der Waals surface area contributed by atoms with Crippen molar-refractivity contribution in [2.45, 2.75) is 103 Å². The van der Waals surface area contributed by atoms with Crippen molar-refractivity contribution < 1.29 is 9.53 Å². The van der Waals surface area contributed by atoms with Gasteiger partial charge in [-0.2, -0.15) is 0 Å². The lowest BCUT2D eigenvalue weighted by atomic mass is 9.77. The molecule has 2 aliphatic heterocycles. The SMILES string of the molecule is C=C(OC1(C)CCN(CCC(C2=CCCCC2)c2ccccc2)C1)C1=C(C)NC(C)=C(C(=O)CCCC)C1c1cccc(N)c1. The van der Waals surface area contributed by atoms with Crippen LogP contribution in [-0.4, -0.2) is 35.9 Å². The molecule has 1 fully saturated rings. The zero-order valence-corrected chi connectivity index (χ0v) is 28.0. The highest BCUT2D eigenvalue weighted by Crippen LogP contribution is 2.44. The van der Waals surface area contributed by atoms with Crippen LogP contribution in [0.15, 0.2) is 101 Å². The second-order valence-corrected chi connectivity index (χ2v) is 13.6. The normalized spacial score (nSPS) is 23.0. The first kappa shape index (κ1) is 32.8. The number of hydrogen-bond acceptors (Lipinski definition) is 5. The van der Waals surface area contributed by atoms with E-state index in [4.69, 9.17) is 10.5 Å². The Morgan fingerprint density at radius 2 is 1.89 bits per heavy atom. The fraction of sp³-hybridized carbons (Fsp3) is 0.475. The number of dihydropyridines is 1. The van der Waals surface area contributed by atoms with Gasteiger partial charge < -0.3 is 15.8 Å². The van der Waals surface area contributed by atoms with E-state index in [9.17, 15) is 4.79 Å². The molecule has 45 heavy (non-hydrogen) atoms. The van der Waals surface area contributed by atoms with Crippen molar-refractivity contribution >= 4 is 11.5 Å². The molecule has 0 saturated carbocycles. The van der Waals surface area contributed by atoms with Gasteiger partial charge in [-0.15, -0.1) is 0 Å². The average Bonchev–Trinajstić information content (AvgIpc) is 3.40. The molecule has 0 amide bonds. The monoisotopic (exact) mass is 607 g/mol. The topological polar surface area (TPSA) is 67.6 Å². The van der Waals surface area contributed by atoms with E-state index < -0.39 is 0 Å². The molecule has 5 rings (SSSR count). The van der Waals surface area contributed by atoms with E-state index in [1.807, 2.05) is 25.1 Å². The summed E-state index contributed by atoms with van der Waals surface area (Å²) in [5.74, 6) is 1.02. The highest BCUT2D eigenvalue weighted by atomic mass is 16.5. The predicted molar refractivity (Wildman–Crippen MR) is 187 cm³/mol. The number of nitrogen functional groups attached to an aromatic ring is 1. The fourth-order valence-corrected chi connectivity index (χ4v) is 7.67. The summed E-state index contributed by atoms with van der Waals surface area (Å²) < 4.78 is 6.86. The molecule has 0 bridgehead atoms.